The maximum atomic E-state index is 10.8. The molecule has 0 saturated carbocycles. The third-order valence-corrected chi connectivity index (χ3v) is 3.67. The first-order valence-corrected chi connectivity index (χ1v) is 6.00. The van der Waals surface area contributed by atoms with Crippen LogP contribution in [0.5, 0.6) is 0 Å². The van der Waals surface area contributed by atoms with Gasteiger partial charge >= 0.3 is 0 Å². The summed E-state index contributed by atoms with van der Waals surface area (Å²) in [5.74, 6) is 0.503. The monoisotopic (exact) mass is 197 g/mol. The highest BCUT2D eigenvalue weighted by Gasteiger charge is 2.28. The standard InChI is InChI=1S/C6H12ClNO2S/c1-2-6-3-4-8(5-6)11(7,9)10/h6H,2-5H2,1H3/t6-/m1/s1. The summed E-state index contributed by atoms with van der Waals surface area (Å²) in [5.41, 5.74) is 0. The van der Waals surface area contributed by atoms with Gasteiger partial charge in [0.15, 0.2) is 0 Å². The first-order valence-electron chi connectivity index (χ1n) is 3.73. The van der Waals surface area contributed by atoms with Crippen LogP contribution in [0.2, 0.25) is 0 Å². The number of nitrogens with zero attached hydrogens (tertiary/aromatic N) is 1. The van der Waals surface area contributed by atoms with Gasteiger partial charge in [0.1, 0.15) is 0 Å². The molecule has 0 bridgehead atoms. The van der Waals surface area contributed by atoms with E-state index in [1.807, 2.05) is 0 Å². The number of rotatable bonds is 2. The molecule has 3 nitrogen and oxygen atoms in total. The molecule has 0 radical (unpaired) electrons. The van der Waals surface area contributed by atoms with Crippen molar-refractivity contribution in [2.75, 3.05) is 13.1 Å². The second-order valence-electron chi connectivity index (χ2n) is 2.86. The molecule has 1 atom stereocenters. The molecule has 0 amide bonds. The zero-order valence-corrected chi connectivity index (χ0v) is 8.03. The lowest BCUT2D eigenvalue weighted by Gasteiger charge is -2.09. The lowest BCUT2D eigenvalue weighted by Crippen LogP contribution is -2.24. The Hall–Kier alpha value is 0.200. The van der Waals surface area contributed by atoms with E-state index in [1.54, 1.807) is 0 Å². The predicted octanol–water partition coefficient (Wildman–Crippen LogP) is 1.20. The van der Waals surface area contributed by atoms with Gasteiger partial charge in [0, 0.05) is 23.8 Å². The average molecular weight is 198 g/mol. The molecule has 1 aliphatic heterocycles. The number of hydrogen-bond acceptors (Lipinski definition) is 2. The molecule has 1 heterocycles. The van der Waals surface area contributed by atoms with Crippen molar-refractivity contribution in [1.82, 2.24) is 4.31 Å². The Balaban J connectivity index is 2.55. The summed E-state index contributed by atoms with van der Waals surface area (Å²) < 4.78 is 22.9. The third-order valence-electron chi connectivity index (χ3n) is 2.13. The fraction of sp³-hybridized carbons (Fsp3) is 1.00. The first-order chi connectivity index (χ1) is 5.04. The molecular formula is C6H12ClNO2S. The van der Waals surface area contributed by atoms with E-state index in [0.717, 1.165) is 12.8 Å². The minimum Gasteiger partial charge on any atom is -0.195 e. The van der Waals surface area contributed by atoms with Gasteiger partial charge in [-0.3, -0.25) is 0 Å². The maximum Gasteiger partial charge on any atom is 0.299 e. The van der Waals surface area contributed by atoms with Crippen LogP contribution >= 0.6 is 10.7 Å². The van der Waals surface area contributed by atoms with Crippen LogP contribution < -0.4 is 0 Å². The van der Waals surface area contributed by atoms with Gasteiger partial charge in [-0.15, -0.1) is 0 Å². The summed E-state index contributed by atoms with van der Waals surface area (Å²) in [6, 6.07) is 0. The zero-order valence-electron chi connectivity index (χ0n) is 6.46. The van der Waals surface area contributed by atoms with E-state index in [4.69, 9.17) is 10.7 Å². The van der Waals surface area contributed by atoms with E-state index in [2.05, 4.69) is 6.92 Å². The van der Waals surface area contributed by atoms with Gasteiger partial charge in [-0.2, -0.15) is 12.7 Å². The summed E-state index contributed by atoms with van der Waals surface area (Å²) in [4.78, 5) is 0. The van der Waals surface area contributed by atoms with Gasteiger partial charge in [0.05, 0.1) is 0 Å². The molecule has 1 fully saturated rings. The molecule has 0 aromatic rings. The molecule has 0 unspecified atom stereocenters. The molecule has 0 aliphatic carbocycles. The second-order valence-corrected chi connectivity index (χ2v) is 5.37. The van der Waals surface area contributed by atoms with Crippen LogP contribution in [-0.4, -0.2) is 25.8 Å². The number of hydrogen-bond donors (Lipinski definition) is 0. The van der Waals surface area contributed by atoms with Crippen molar-refractivity contribution in [2.45, 2.75) is 19.8 Å². The normalized spacial score (nSPS) is 27.6. The summed E-state index contributed by atoms with van der Waals surface area (Å²) in [5, 5.41) is 0. The fourth-order valence-electron chi connectivity index (χ4n) is 1.33. The van der Waals surface area contributed by atoms with Gasteiger partial charge in [-0.25, -0.2) is 0 Å². The average Bonchev–Trinajstić information content (AvgIpc) is 2.32. The Morgan fingerprint density at radius 3 is 2.55 bits per heavy atom. The maximum absolute atomic E-state index is 10.8. The topological polar surface area (TPSA) is 37.4 Å². The van der Waals surface area contributed by atoms with Gasteiger partial charge in [-0.1, -0.05) is 13.3 Å². The highest BCUT2D eigenvalue weighted by atomic mass is 35.7. The lowest BCUT2D eigenvalue weighted by molar-refractivity contribution is 0.464. The van der Waals surface area contributed by atoms with Gasteiger partial charge in [-0.05, 0) is 12.3 Å². The van der Waals surface area contributed by atoms with Crippen LogP contribution in [0, 0.1) is 5.92 Å². The first kappa shape index (κ1) is 9.29. The summed E-state index contributed by atoms with van der Waals surface area (Å²) in [7, 11) is 1.72. The minimum absolute atomic E-state index is 0.503. The van der Waals surface area contributed by atoms with E-state index in [9.17, 15) is 8.42 Å². The van der Waals surface area contributed by atoms with Crippen LogP contribution in [0.4, 0.5) is 0 Å². The third kappa shape index (κ3) is 2.32. The fourth-order valence-corrected chi connectivity index (χ4v) is 2.42. The van der Waals surface area contributed by atoms with Crippen LogP contribution in [0.1, 0.15) is 19.8 Å². The summed E-state index contributed by atoms with van der Waals surface area (Å²) >= 11 is 0. The molecule has 0 spiro atoms. The van der Waals surface area contributed by atoms with Crippen LogP contribution in [-0.2, 0) is 9.24 Å². The quantitative estimate of drug-likeness (QED) is 0.624. The Morgan fingerprint density at radius 2 is 2.27 bits per heavy atom. The van der Waals surface area contributed by atoms with Crippen molar-refractivity contribution in [3.8, 4) is 0 Å². The SMILES string of the molecule is CC[C@@H]1CCN(S(=O)(=O)Cl)C1. The second kappa shape index (κ2) is 3.29. The minimum atomic E-state index is -3.44. The van der Waals surface area contributed by atoms with Crippen molar-refractivity contribution in [3.05, 3.63) is 0 Å². The molecule has 1 rings (SSSR count). The Labute approximate surface area is 71.9 Å². The molecule has 0 N–H and O–H groups in total. The van der Waals surface area contributed by atoms with Gasteiger partial charge < -0.3 is 0 Å². The summed E-state index contributed by atoms with van der Waals surface area (Å²) in [6.07, 6.45) is 1.98. The molecular weight excluding hydrogens is 186 g/mol. The van der Waals surface area contributed by atoms with Gasteiger partial charge in [0.2, 0.25) is 0 Å². The van der Waals surface area contributed by atoms with Crippen molar-refractivity contribution >= 4 is 19.9 Å². The van der Waals surface area contributed by atoms with Crippen LogP contribution in [0.15, 0.2) is 0 Å². The highest BCUT2D eigenvalue weighted by molar-refractivity contribution is 8.11. The summed E-state index contributed by atoms with van der Waals surface area (Å²) in [6.45, 7) is 3.25. The Morgan fingerprint density at radius 1 is 1.64 bits per heavy atom. The molecule has 0 aromatic carbocycles. The van der Waals surface area contributed by atoms with E-state index >= 15 is 0 Å². The van der Waals surface area contributed by atoms with Crippen LogP contribution in [0.3, 0.4) is 0 Å². The van der Waals surface area contributed by atoms with Crippen molar-refractivity contribution in [1.29, 1.82) is 0 Å². The predicted molar refractivity (Wildman–Crippen MR) is 44.7 cm³/mol. The number of halogens is 1. The lowest BCUT2D eigenvalue weighted by atomic mass is 10.1. The van der Waals surface area contributed by atoms with E-state index in [1.165, 1.54) is 4.31 Å². The zero-order chi connectivity index (χ0) is 8.48. The van der Waals surface area contributed by atoms with Crippen molar-refractivity contribution < 1.29 is 8.42 Å². The van der Waals surface area contributed by atoms with E-state index in [-0.39, 0.29) is 0 Å². The molecule has 5 heteroatoms. The Kier molecular flexibility index (Phi) is 2.78. The molecule has 11 heavy (non-hydrogen) atoms. The van der Waals surface area contributed by atoms with E-state index in [0.29, 0.717) is 19.0 Å². The van der Waals surface area contributed by atoms with Crippen molar-refractivity contribution in [2.24, 2.45) is 5.92 Å². The highest BCUT2D eigenvalue weighted by Crippen LogP contribution is 2.22. The van der Waals surface area contributed by atoms with Crippen LogP contribution in [0.25, 0.3) is 0 Å². The van der Waals surface area contributed by atoms with Crippen molar-refractivity contribution in [3.63, 3.8) is 0 Å². The Bertz CT molecular complexity index is 227. The molecule has 1 aliphatic rings. The molecule has 0 aromatic heterocycles. The van der Waals surface area contributed by atoms with E-state index < -0.39 is 9.24 Å². The van der Waals surface area contributed by atoms with Gasteiger partial charge in [0.25, 0.3) is 9.24 Å². The molecule has 66 valence electrons. The molecule has 1 saturated heterocycles. The largest absolute Gasteiger partial charge is 0.299 e. The smallest absolute Gasteiger partial charge is 0.195 e.